The van der Waals surface area contributed by atoms with Gasteiger partial charge < -0.3 is 14.1 Å². The molecule has 0 aliphatic heterocycles. The Morgan fingerprint density at radius 3 is 2.88 bits per heavy atom. The van der Waals surface area contributed by atoms with E-state index in [1.54, 1.807) is 30.3 Å². The molecule has 1 amide bonds. The number of carbonyl (C=O) groups excluding carboxylic acids is 2. The van der Waals surface area contributed by atoms with Crippen LogP contribution < -0.4 is 0 Å². The van der Waals surface area contributed by atoms with Crippen LogP contribution in [0.15, 0.2) is 47.1 Å². The number of H-pyrrole nitrogens is 1. The van der Waals surface area contributed by atoms with Gasteiger partial charge in [0.1, 0.15) is 5.76 Å². The fourth-order valence-electron chi connectivity index (χ4n) is 2.47. The molecule has 0 fully saturated rings. The number of fused-ring (bicyclic) bond motifs is 1. The number of nitrogens with one attached hydrogen (secondary N) is 1. The van der Waals surface area contributed by atoms with Crippen molar-refractivity contribution < 1.29 is 18.7 Å². The summed E-state index contributed by atoms with van der Waals surface area (Å²) in [5, 5.41) is 16.1. The molecule has 0 aliphatic carbocycles. The Labute approximate surface area is 149 Å². The van der Waals surface area contributed by atoms with Crippen LogP contribution >= 0.6 is 0 Å². The summed E-state index contributed by atoms with van der Waals surface area (Å²) in [6.45, 7) is -0.0124. The summed E-state index contributed by atoms with van der Waals surface area (Å²) in [6.07, 6.45) is 1.68. The van der Waals surface area contributed by atoms with Crippen LogP contribution in [0.4, 0.5) is 0 Å². The molecule has 3 rings (SSSR count). The first-order chi connectivity index (χ1) is 12.7. The second kappa shape index (κ2) is 7.98. The maximum Gasteiger partial charge on any atom is 0.359 e. The van der Waals surface area contributed by atoms with Gasteiger partial charge in [0.15, 0.2) is 12.3 Å². The predicted octanol–water partition coefficient (Wildman–Crippen LogP) is 2.26. The highest BCUT2D eigenvalue weighted by Gasteiger charge is 2.20. The third-order valence-corrected chi connectivity index (χ3v) is 3.76. The number of nitrogens with zero attached hydrogens (tertiary/aromatic N) is 3. The van der Waals surface area contributed by atoms with Crippen LogP contribution in [0.5, 0.6) is 0 Å². The summed E-state index contributed by atoms with van der Waals surface area (Å²) in [5.41, 5.74) is 0.835. The molecule has 0 saturated carbocycles. The number of aromatic amines is 1. The number of aromatic nitrogens is 2. The van der Waals surface area contributed by atoms with E-state index in [2.05, 4.69) is 10.2 Å². The lowest BCUT2D eigenvalue weighted by Crippen LogP contribution is -2.35. The van der Waals surface area contributed by atoms with E-state index in [-0.39, 0.29) is 25.2 Å². The molecular formula is C18H16N4O4. The Hall–Kier alpha value is -3.60. The van der Waals surface area contributed by atoms with Gasteiger partial charge in [0.2, 0.25) is 0 Å². The molecule has 0 saturated heterocycles. The first kappa shape index (κ1) is 17.2. The fourth-order valence-corrected chi connectivity index (χ4v) is 2.47. The van der Waals surface area contributed by atoms with Crippen LogP contribution in [-0.2, 0) is 16.1 Å². The minimum atomic E-state index is -0.686. The number of rotatable bonds is 7. The highest BCUT2D eigenvalue weighted by molar-refractivity contribution is 6.02. The molecule has 132 valence electrons. The first-order valence-corrected chi connectivity index (χ1v) is 7.96. The average Bonchev–Trinajstić information content (AvgIpc) is 3.32. The maximum absolute atomic E-state index is 12.4. The SMILES string of the molecule is N#CCCN(Cc1ccco1)C(=O)COC(=O)c1n[nH]c2ccccc12. The van der Waals surface area contributed by atoms with E-state index in [0.29, 0.717) is 16.7 Å². The Kier molecular flexibility index (Phi) is 5.29. The van der Waals surface area contributed by atoms with E-state index >= 15 is 0 Å². The number of hydrogen-bond acceptors (Lipinski definition) is 6. The molecule has 0 aliphatic rings. The monoisotopic (exact) mass is 352 g/mol. The predicted molar refractivity (Wildman–Crippen MR) is 90.7 cm³/mol. The van der Waals surface area contributed by atoms with Crippen LogP contribution in [0, 0.1) is 11.3 Å². The van der Waals surface area contributed by atoms with Crippen LogP contribution in [0.2, 0.25) is 0 Å². The molecular weight excluding hydrogens is 336 g/mol. The zero-order valence-electron chi connectivity index (χ0n) is 13.8. The van der Waals surface area contributed by atoms with Gasteiger partial charge in [-0.2, -0.15) is 10.4 Å². The normalized spacial score (nSPS) is 10.4. The molecule has 26 heavy (non-hydrogen) atoms. The number of hydrogen-bond donors (Lipinski definition) is 1. The second-order valence-electron chi connectivity index (χ2n) is 5.50. The smallest absolute Gasteiger partial charge is 0.359 e. The third kappa shape index (κ3) is 3.89. The highest BCUT2D eigenvalue weighted by Crippen LogP contribution is 2.16. The van der Waals surface area contributed by atoms with Gasteiger partial charge in [-0.05, 0) is 18.2 Å². The molecule has 8 nitrogen and oxygen atoms in total. The number of carbonyl (C=O) groups is 2. The van der Waals surface area contributed by atoms with Crippen LogP contribution in [-0.4, -0.2) is 40.1 Å². The standard InChI is InChI=1S/C18H16N4O4/c19-8-4-9-22(11-13-5-3-10-25-13)16(23)12-26-18(24)17-14-6-1-2-7-15(14)20-21-17/h1-3,5-7,10H,4,9,11-12H2,(H,20,21). The Bertz CT molecular complexity index is 940. The van der Waals surface area contributed by atoms with Crippen molar-refractivity contribution in [2.75, 3.05) is 13.2 Å². The second-order valence-corrected chi connectivity index (χ2v) is 5.50. The fraction of sp³-hybridized carbons (Fsp3) is 0.222. The summed E-state index contributed by atoms with van der Waals surface area (Å²) >= 11 is 0. The van der Waals surface area contributed by atoms with Crippen molar-refractivity contribution in [3.8, 4) is 6.07 Å². The van der Waals surface area contributed by atoms with Gasteiger partial charge >= 0.3 is 5.97 Å². The lowest BCUT2D eigenvalue weighted by atomic mass is 10.2. The number of benzene rings is 1. The number of furan rings is 1. The molecule has 3 aromatic rings. The minimum Gasteiger partial charge on any atom is -0.467 e. The zero-order chi connectivity index (χ0) is 18.4. The molecule has 8 heteroatoms. The Balaban J connectivity index is 1.63. The Morgan fingerprint density at radius 1 is 1.27 bits per heavy atom. The molecule has 1 N–H and O–H groups in total. The minimum absolute atomic E-state index is 0.128. The van der Waals surface area contributed by atoms with E-state index in [9.17, 15) is 9.59 Å². The van der Waals surface area contributed by atoms with Crippen molar-refractivity contribution in [3.05, 3.63) is 54.1 Å². The topological polar surface area (TPSA) is 112 Å². The van der Waals surface area contributed by atoms with Crippen molar-refractivity contribution in [3.63, 3.8) is 0 Å². The van der Waals surface area contributed by atoms with Gasteiger partial charge in [0, 0.05) is 11.9 Å². The van der Waals surface area contributed by atoms with Gasteiger partial charge in [0.05, 0.1) is 30.8 Å². The van der Waals surface area contributed by atoms with E-state index in [0.717, 1.165) is 0 Å². The lowest BCUT2D eigenvalue weighted by Gasteiger charge is -2.20. The molecule has 0 unspecified atom stereocenters. The first-order valence-electron chi connectivity index (χ1n) is 7.96. The zero-order valence-corrected chi connectivity index (χ0v) is 13.8. The van der Waals surface area contributed by atoms with Crippen molar-refractivity contribution in [1.82, 2.24) is 15.1 Å². The number of amides is 1. The molecule has 0 radical (unpaired) electrons. The lowest BCUT2D eigenvalue weighted by molar-refractivity contribution is -0.135. The third-order valence-electron chi connectivity index (χ3n) is 3.76. The van der Waals surface area contributed by atoms with E-state index in [1.807, 2.05) is 12.1 Å². The van der Waals surface area contributed by atoms with Crippen molar-refractivity contribution in [2.45, 2.75) is 13.0 Å². The summed E-state index contributed by atoms with van der Waals surface area (Å²) in [7, 11) is 0. The van der Waals surface area contributed by atoms with Crippen LogP contribution in [0.25, 0.3) is 10.9 Å². The summed E-state index contributed by atoms with van der Waals surface area (Å²) in [6, 6.07) is 12.6. The number of para-hydroxylation sites is 1. The Morgan fingerprint density at radius 2 is 2.12 bits per heavy atom. The van der Waals surface area contributed by atoms with Crippen LogP contribution in [0.3, 0.4) is 0 Å². The van der Waals surface area contributed by atoms with E-state index < -0.39 is 18.5 Å². The van der Waals surface area contributed by atoms with Gasteiger partial charge in [0.25, 0.3) is 5.91 Å². The summed E-state index contributed by atoms with van der Waals surface area (Å²) < 4.78 is 10.3. The van der Waals surface area contributed by atoms with Crippen molar-refractivity contribution in [2.24, 2.45) is 0 Å². The quantitative estimate of drug-likeness (QED) is 0.653. The average molecular weight is 352 g/mol. The van der Waals surface area contributed by atoms with Crippen molar-refractivity contribution in [1.29, 1.82) is 5.26 Å². The molecule has 0 bridgehead atoms. The van der Waals surface area contributed by atoms with Gasteiger partial charge in [-0.25, -0.2) is 4.79 Å². The van der Waals surface area contributed by atoms with Crippen LogP contribution in [0.1, 0.15) is 22.7 Å². The molecule has 2 aromatic heterocycles. The number of ether oxygens (including phenoxy) is 1. The molecule has 0 spiro atoms. The molecule has 1 aromatic carbocycles. The number of esters is 1. The maximum atomic E-state index is 12.4. The largest absolute Gasteiger partial charge is 0.467 e. The number of nitriles is 1. The van der Waals surface area contributed by atoms with Gasteiger partial charge in [-0.3, -0.25) is 9.89 Å². The summed E-state index contributed by atoms with van der Waals surface area (Å²) in [4.78, 5) is 26.0. The van der Waals surface area contributed by atoms with Crippen molar-refractivity contribution >= 4 is 22.8 Å². The molecule has 2 heterocycles. The highest BCUT2D eigenvalue weighted by atomic mass is 16.5. The van der Waals surface area contributed by atoms with E-state index in [1.165, 1.54) is 11.2 Å². The summed E-state index contributed by atoms with van der Waals surface area (Å²) in [5.74, 6) is -0.514. The van der Waals surface area contributed by atoms with E-state index in [4.69, 9.17) is 14.4 Å². The molecule has 0 atom stereocenters. The van der Waals surface area contributed by atoms with Gasteiger partial charge in [-0.1, -0.05) is 18.2 Å². The van der Waals surface area contributed by atoms with Gasteiger partial charge in [-0.15, -0.1) is 0 Å².